The lowest BCUT2D eigenvalue weighted by molar-refractivity contribution is -0.121. The molecule has 2 aromatic carbocycles. The molecular formula is C24H25ClN4O3. The summed E-state index contributed by atoms with van der Waals surface area (Å²) in [6.07, 6.45) is 6.80. The Kier molecular flexibility index (Phi) is 6.46. The van der Waals surface area contributed by atoms with Gasteiger partial charge in [-0.2, -0.15) is 5.10 Å². The second kappa shape index (κ2) is 9.44. The predicted octanol–water partition coefficient (Wildman–Crippen LogP) is 4.63. The zero-order valence-corrected chi connectivity index (χ0v) is 18.6. The standard InChI is InChI=1S/C24H25ClN4O3/c1-32-21-10-8-19(9-11-21)27-22(30)16-29-15-20(14-26-29)28-23(31)24(12-2-3-13-24)17-4-6-18(25)7-5-17/h4-11,14-15H,2-3,12-13,16H2,1H3,(H,27,30)(H,28,31). The maximum Gasteiger partial charge on any atom is 0.246 e. The van der Waals surface area contributed by atoms with Crippen molar-refractivity contribution < 1.29 is 14.3 Å². The minimum Gasteiger partial charge on any atom is -0.497 e. The first kappa shape index (κ1) is 21.9. The lowest BCUT2D eigenvalue weighted by Gasteiger charge is -2.28. The maximum atomic E-state index is 13.3. The fourth-order valence-electron chi connectivity index (χ4n) is 4.18. The summed E-state index contributed by atoms with van der Waals surface area (Å²) in [6, 6.07) is 14.6. The first-order valence-corrected chi connectivity index (χ1v) is 10.9. The molecule has 7 nitrogen and oxygen atoms in total. The Balaban J connectivity index is 1.40. The number of hydrogen-bond acceptors (Lipinski definition) is 4. The molecule has 1 fully saturated rings. The zero-order valence-electron chi connectivity index (χ0n) is 17.8. The third-order valence-electron chi connectivity index (χ3n) is 5.86. The average molecular weight is 453 g/mol. The SMILES string of the molecule is COc1ccc(NC(=O)Cn2cc(NC(=O)C3(c4ccc(Cl)cc4)CCCC3)cn2)cc1. The molecule has 1 aliphatic carbocycles. The number of hydrogen-bond donors (Lipinski definition) is 2. The smallest absolute Gasteiger partial charge is 0.246 e. The van der Waals surface area contributed by atoms with Crippen molar-refractivity contribution in [2.45, 2.75) is 37.6 Å². The normalized spacial score (nSPS) is 14.7. The highest BCUT2D eigenvalue weighted by molar-refractivity contribution is 6.30. The molecule has 166 valence electrons. The first-order chi connectivity index (χ1) is 15.5. The van der Waals surface area contributed by atoms with Gasteiger partial charge in [0.2, 0.25) is 11.8 Å². The fraction of sp³-hybridized carbons (Fsp3) is 0.292. The van der Waals surface area contributed by atoms with E-state index in [9.17, 15) is 9.59 Å². The number of ether oxygens (including phenoxy) is 1. The van der Waals surface area contributed by atoms with Crippen LogP contribution >= 0.6 is 11.6 Å². The van der Waals surface area contributed by atoms with Crippen LogP contribution in [0.25, 0.3) is 0 Å². The van der Waals surface area contributed by atoms with Crippen molar-refractivity contribution >= 4 is 34.8 Å². The zero-order chi connectivity index (χ0) is 22.6. The predicted molar refractivity (Wildman–Crippen MR) is 124 cm³/mol. The van der Waals surface area contributed by atoms with Gasteiger partial charge in [-0.05, 0) is 54.8 Å². The number of aromatic nitrogens is 2. The van der Waals surface area contributed by atoms with Crippen molar-refractivity contribution in [3.63, 3.8) is 0 Å². The van der Waals surface area contributed by atoms with Crippen LogP contribution in [0.3, 0.4) is 0 Å². The molecule has 1 aliphatic rings. The third kappa shape index (κ3) is 4.78. The summed E-state index contributed by atoms with van der Waals surface area (Å²) in [5.41, 5.74) is 1.64. The molecule has 1 heterocycles. The van der Waals surface area contributed by atoms with Gasteiger partial charge in [-0.15, -0.1) is 0 Å². The number of nitrogens with zero attached hydrogens (tertiary/aromatic N) is 2. The molecule has 0 spiro atoms. The van der Waals surface area contributed by atoms with Crippen LogP contribution in [0.4, 0.5) is 11.4 Å². The number of carbonyl (C=O) groups excluding carboxylic acids is 2. The number of rotatable bonds is 7. The Morgan fingerprint density at radius 2 is 1.72 bits per heavy atom. The lowest BCUT2D eigenvalue weighted by Crippen LogP contribution is -2.37. The van der Waals surface area contributed by atoms with Crippen LogP contribution < -0.4 is 15.4 Å². The van der Waals surface area contributed by atoms with Gasteiger partial charge in [-0.3, -0.25) is 14.3 Å². The van der Waals surface area contributed by atoms with E-state index < -0.39 is 5.41 Å². The fourth-order valence-corrected chi connectivity index (χ4v) is 4.31. The average Bonchev–Trinajstić information content (AvgIpc) is 3.45. The van der Waals surface area contributed by atoms with Gasteiger partial charge < -0.3 is 15.4 Å². The summed E-state index contributed by atoms with van der Waals surface area (Å²) in [5.74, 6) is 0.443. The van der Waals surface area contributed by atoms with Gasteiger partial charge in [0.05, 0.1) is 24.4 Å². The Morgan fingerprint density at radius 1 is 1.03 bits per heavy atom. The molecule has 0 aliphatic heterocycles. The van der Waals surface area contributed by atoms with E-state index in [1.807, 2.05) is 24.3 Å². The highest BCUT2D eigenvalue weighted by Gasteiger charge is 2.42. The highest BCUT2D eigenvalue weighted by Crippen LogP contribution is 2.42. The molecule has 3 aromatic rings. The molecule has 1 saturated carbocycles. The summed E-state index contributed by atoms with van der Waals surface area (Å²) < 4.78 is 6.61. The van der Waals surface area contributed by atoms with Crippen LogP contribution in [-0.4, -0.2) is 28.7 Å². The van der Waals surface area contributed by atoms with Crippen LogP contribution in [0.2, 0.25) is 5.02 Å². The summed E-state index contributed by atoms with van der Waals surface area (Å²) in [7, 11) is 1.59. The molecule has 2 amide bonds. The molecule has 0 saturated heterocycles. The van der Waals surface area contributed by atoms with Crippen LogP contribution in [0.1, 0.15) is 31.2 Å². The van der Waals surface area contributed by atoms with Gasteiger partial charge in [-0.25, -0.2) is 0 Å². The molecule has 0 atom stereocenters. The third-order valence-corrected chi connectivity index (χ3v) is 6.11. The summed E-state index contributed by atoms with van der Waals surface area (Å²) >= 11 is 6.03. The van der Waals surface area contributed by atoms with E-state index in [1.165, 1.54) is 4.68 Å². The molecule has 2 N–H and O–H groups in total. The highest BCUT2D eigenvalue weighted by atomic mass is 35.5. The second-order valence-electron chi connectivity index (χ2n) is 7.95. The van der Waals surface area contributed by atoms with Gasteiger partial charge in [0.15, 0.2) is 0 Å². The minimum atomic E-state index is -0.571. The van der Waals surface area contributed by atoms with Crippen molar-refractivity contribution in [1.29, 1.82) is 0 Å². The van der Waals surface area contributed by atoms with Gasteiger partial charge >= 0.3 is 0 Å². The Labute approximate surface area is 191 Å². The van der Waals surface area contributed by atoms with E-state index in [1.54, 1.807) is 43.8 Å². The van der Waals surface area contributed by atoms with Crippen LogP contribution in [-0.2, 0) is 21.5 Å². The summed E-state index contributed by atoms with van der Waals surface area (Å²) in [4.78, 5) is 25.6. The molecule has 0 radical (unpaired) electrons. The van der Waals surface area contributed by atoms with E-state index in [0.717, 1.165) is 31.2 Å². The van der Waals surface area contributed by atoms with Gasteiger partial charge in [0, 0.05) is 16.9 Å². The molecule has 0 bridgehead atoms. The number of nitrogens with one attached hydrogen (secondary N) is 2. The Hall–Kier alpha value is -3.32. The Bertz CT molecular complexity index is 1090. The molecule has 0 unspecified atom stereocenters. The monoisotopic (exact) mass is 452 g/mol. The van der Waals surface area contributed by atoms with E-state index in [-0.39, 0.29) is 18.4 Å². The number of halogens is 1. The van der Waals surface area contributed by atoms with E-state index in [2.05, 4.69) is 15.7 Å². The lowest BCUT2D eigenvalue weighted by atomic mass is 9.78. The van der Waals surface area contributed by atoms with E-state index in [0.29, 0.717) is 22.1 Å². The van der Waals surface area contributed by atoms with Crippen molar-refractivity contribution in [3.05, 3.63) is 71.5 Å². The van der Waals surface area contributed by atoms with Crippen LogP contribution in [0, 0.1) is 0 Å². The number of carbonyl (C=O) groups is 2. The quantitative estimate of drug-likeness (QED) is 0.547. The van der Waals surface area contributed by atoms with Crippen molar-refractivity contribution in [2.75, 3.05) is 17.7 Å². The topological polar surface area (TPSA) is 85.2 Å². The molecule has 1 aromatic heterocycles. The van der Waals surface area contributed by atoms with Crippen LogP contribution in [0.15, 0.2) is 60.9 Å². The van der Waals surface area contributed by atoms with Gasteiger partial charge in [0.1, 0.15) is 12.3 Å². The second-order valence-corrected chi connectivity index (χ2v) is 8.39. The minimum absolute atomic E-state index is 0.0320. The van der Waals surface area contributed by atoms with E-state index >= 15 is 0 Å². The van der Waals surface area contributed by atoms with E-state index in [4.69, 9.17) is 16.3 Å². The van der Waals surface area contributed by atoms with Gasteiger partial charge in [-0.1, -0.05) is 36.6 Å². The summed E-state index contributed by atoms with van der Waals surface area (Å²) in [6.45, 7) is 0.0320. The number of anilines is 2. The van der Waals surface area contributed by atoms with Gasteiger partial charge in [0.25, 0.3) is 0 Å². The maximum absolute atomic E-state index is 13.3. The number of methoxy groups -OCH3 is 1. The molecule has 32 heavy (non-hydrogen) atoms. The first-order valence-electron chi connectivity index (χ1n) is 10.5. The van der Waals surface area contributed by atoms with Crippen molar-refractivity contribution in [1.82, 2.24) is 9.78 Å². The number of benzene rings is 2. The molecular weight excluding hydrogens is 428 g/mol. The number of amides is 2. The largest absolute Gasteiger partial charge is 0.497 e. The molecule has 4 rings (SSSR count). The summed E-state index contributed by atoms with van der Waals surface area (Å²) in [5, 5.41) is 10.7. The van der Waals surface area contributed by atoms with Crippen LogP contribution in [0.5, 0.6) is 5.75 Å². The molecule has 8 heteroatoms. The Morgan fingerprint density at radius 3 is 2.38 bits per heavy atom. The van der Waals surface area contributed by atoms with Crippen molar-refractivity contribution in [3.8, 4) is 5.75 Å². The van der Waals surface area contributed by atoms with Crippen molar-refractivity contribution in [2.24, 2.45) is 0 Å².